The maximum atomic E-state index is 13.0. The first-order valence-corrected chi connectivity index (χ1v) is 9.60. The van der Waals surface area contributed by atoms with Gasteiger partial charge in [0.05, 0.1) is 6.07 Å². The minimum absolute atomic E-state index is 0.111. The number of amides is 2. The Bertz CT molecular complexity index is 712. The molecular formula is C21H25N3O2. The highest BCUT2D eigenvalue weighted by Gasteiger charge is 2.54. The lowest BCUT2D eigenvalue weighted by Crippen LogP contribution is -2.53. The van der Waals surface area contributed by atoms with Gasteiger partial charge in [0, 0.05) is 17.6 Å². The predicted molar refractivity (Wildman–Crippen MR) is 97.8 cm³/mol. The molecule has 0 saturated heterocycles. The highest BCUT2D eigenvalue weighted by Crippen LogP contribution is 2.60. The normalized spacial score (nSPS) is 31.3. The molecule has 4 aliphatic carbocycles. The highest BCUT2D eigenvalue weighted by atomic mass is 16.2. The summed E-state index contributed by atoms with van der Waals surface area (Å²) in [5, 5.41) is 14.4. The molecule has 0 atom stereocenters. The number of nitriles is 1. The summed E-state index contributed by atoms with van der Waals surface area (Å²) in [6, 6.07) is 9.25. The molecule has 2 amide bonds. The van der Waals surface area contributed by atoms with Gasteiger partial charge in [0.2, 0.25) is 11.8 Å². The summed E-state index contributed by atoms with van der Waals surface area (Å²) < 4.78 is 0. The minimum Gasteiger partial charge on any atom is -0.352 e. The van der Waals surface area contributed by atoms with E-state index in [1.54, 1.807) is 0 Å². The number of carbonyl (C=O) groups excluding carboxylic acids is 2. The summed E-state index contributed by atoms with van der Waals surface area (Å²) in [6.07, 6.45) is 7.10. The summed E-state index contributed by atoms with van der Waals surface area (Å²) >= 11 is 0. The van der Waals surface area contributed by atoms with Crippen molar-refractivity contribution in [2.24, 2.45) is 23.2 Å². The van der Waals surface area contributed by atoms with Crippen LogP contribution < -0.4 is 10.6 Å². The molecule has 1 aromatic rings. The van der Waals surface area contributed by atoms with E-state index in [-0.39, 0.29) is 23.7 Å². The van der Waals surface area contributed by atoms with E-state index in [0.717, 1.165) is 42.6 Å². The molecule has 5 heteroatoms. The van der Waals surface area contributed by atoms with Gasteiger partial charge in [-0.25, -0.2) is 0 Å². The van der Waals surface area contributed by atoms with Crippen molar-refractivity contribution in [3.05, 3.63) is 29.8 Å². The van der Waals surface area contributed by atoms with Crippen molar-refractivity contribution in [3.8, 4) is 6.07 Å². The molecule has 0 spiro atoms. The Labute approximate surface area is 154 Å². The third-order valence-electron chi connectivity index (χ3n) is 6.45. The second-order valence-electron chi connectivity index (χ2n) is 8.46. The van der Waals surface area contributed by atoms with Gasteiger partial charge in [-0.05, 0) is 74.0 Å². The predicted octanol–water partition coefficient (Wildman–Crippen LogP) is 3.37. The number of nitrogens with zero attached hydrogens (tertiary/aromatic N) is 1. The van der Waals surface area contributed by atoms with Gasteiger partial charge in [-0.1, -0.05) is 12.1 Å². The highest BCUT2D eigenvalue weighted by molar-refractivity contribution is 5.92. The van der Waals surface area contributed by atoms with Gasteiger partial charge in [0.1, 0.15) is 6.42 Å². The van der Waals surface area contributed by atoms with Gasteiger partial charge >= 0.3 is 0 Å². The van der Waals surface area contributed by atoms with E-state index < -0.39 is 0 Å². The Morgan fingerprint density at radius 2 is 1.62 bits per heavy atom. The number of hydrogen-bond acceptors (Lipinski definition) is 3. The molecule has 0 heterocycles. The molecule has 4 fully saturated rings. The fourth-order valence-corrected chi connectivity index (χ4v) is 5.74. The SMILES string of the molecule is N#CCC(=O)Nc1ccc(CNC(=O)C23CC4CC(CC(C4)C2)C3)cc1. The van der Waals surface area contributed by atoms with Gasteiger partial charge < -0.3 is 10.6 Å². The van der Waals surface area contributed by atoms with Gasteiger partial charge in [-0.15, -0.1) is 0 Å². The quantitative estimate of drug-likeness (QED) is 0.853. The molecule has 5 nitrogen and oxygen atoms in total. The fraction of sp³-hybridized carbons (Fsp3) is 0.571. The number of nitrogens with one attached hydrogen (secondary N) is 2. The second kappa shape index (κ2) is 6.75. The zero-order chi connectivity index (χ0) is 18.1. The summed E-state index contributed by atoms with van der Waals surface area (Å²) in [6.45, 7) is 0.521. The number of rotatable bonds is 5. The largest absolute Gasteiger partial charge is 0.352 e. The van der Waals surface area contributed by atoms with Crippen LogP contribution in [0.1, 0.15) is 50.5 Å². The van der Waals surface area contributed by atoms with Crippen LogP contribution in [0.4, 0.5) is 5.69 Å². The average molecular weight is 351 g/mol. The van der Waals surface area contributed by atoms with Crippen LogP contribution in [0.5, 0.6) is 0 Å². The first-order valence-electron chi connectivity index (χ1n) is 9.60. The maximum Gasteiger partial charge on any atom is 0.238 e. The van der Waals surface area contributed by atoms with Crippen molar-refractivity contribution in [1.82, 2.24) is 5.32 Å². The van der Waals surface area contributed by atoms with Crippen molar-refractivity contribution < 1.29 is 9.59 Å². The Morgan fingerprint density at radius 1 is 1.04 bits per heavy atom. The third kappa shape index (κ3) is 3.33. The van der Waals surface area contributed by atoms with Gasteiger partial charge in [0.25, 0.3) is 0 Å². The maximum absolute atomic E-state index is 13.0. The topological polar surface area (TPSA) is 82.0 Å². The Kier molecular flexibility index (Phi) is 4.44. The third-order valence-corrected chi connectivity index (χ3v) is 6.45. The molecule has 4 bridgehead atoms. The number of hydrogen-bond donors (Lipinski definition) is 2. The lowest BCUT2D eigenvalue weighted by Gasteiger charge is -2.55. The molecule has 0 unspecified atom stereocenters. The molecule has 4 aliphatic rings. The van der Waals surface area contributed by atoms with Crippen molar-refractivity contribution in [2.45, 2.75) is 51.5 Å². The molecule has 26 heavy (non-hydrogen) atoms. The zero-order valence-electron chi connectivity index (χ0n) is 15.0. The number of benzene rings is 1. The summed E-state index contributed by atoms with van der Waals surface area (Å²) in [5.74, 6) is 2.23. The van der Waals surface area contributed by atoms with Crippen LogP contribution in [0.15, 0.2) is 24.3 Å². The monoisotopic (exact) mass is 351 g/mol. The standard InChI is InChI=1S/C21H25N3O2/c22-6-5-19(25)24-18-3-1-14(2-4-18)13-23-20(26)21-10-15-7-16(11-21)9-17(8-15)12-21/h1-4,15-17H,5,7-13H2,(H,23,26)(H,24,25). The number of anilines is 1. The van der Waals surface area contributed by atoms with Crippen LogP contribution in [0.3, 0.4) is 0 Å². The van der Waals surface area contributed by atoms with Gasteiger partial charge in [-0.2, -0.15) is 5.26 Å². The second-order valence-corrected chi connectivity index (χ2v) is 8.46. The van der Waals surface area contributed by atoms with E-state index in [1.165, 1.54) is 19.3 Å². The minimum atomic E-state index is -0.310. The zero-order valence-corrected chi connectivity index (χ0v) is 15.0. The molecule has 0 aromatic heterocycles. The fourth-order valence-electron chi connectivity index (χ4n) is 5.74. The first kappa shape index (κ1) is 17.1. The van der Waals surface area contributed by atoms with Crippen LogP contribution in [-0.4, -0.2) is 11.8 Å². The van der Waals surface area contributed by atoms with Crippen molar-refractivity contribution in [1.29, 1.82) is 5.26 Å². The summed E-state index contributed by atoms with van der Waals surface area (Å²) in [7, 11) is 0. The average Bonchev–Trinajstić information content (AvgIpc) is 2.60. The summed E-state index contributed by atoms with van der Waals surface area (Å²) in [4.78, 5) is 24.4. The molecule has 136 valence electrons. The van der Waals surface area contributed by atoms with Crippen molar-refractivity contribution in [2.75, 3.05) is 5.32 Å². The molecule has 1 aromatic carbocycles. The lowest BCUT2D eigenvalue weighted by atomic mass is 9.49. The van der Waals surface area contributed by atoms with Crippen LogP contribution in [0, 0.1) is 34.5 Å². The van der Waals surface area contributed by atoms with Gasteiger partial charge in [-0.3, -0.25) is 9.59 Å². The first-order chi connectivity index (χ1) is 12.6. The molecule has 0 aliphatic heterocycles. The van der Waals surface area contributed by atoms with E-state index in [2.05, 4.69) is 10.6 Å². The molecule has 2 N–H and O–H groups in total. The smallest absolute Gasteiger partial charge is 0.238 e. The summed E-state index contributed by atoms with van der Waals surface area (Å²) in [5.41, 5.74) is 1.57. The number of carbonyl (C=O) groups is 2. The van der Waals surface area contributed by atoms with Crippen LogP contribution >= 0.6 is 0 Å². The van der Waals surface area contributed by atoms with E-state index in [4.69, 9.17) is 5.26 Å². The van der Waals surface area contributed by atoms with Gasteiger partial charge in [0.15, 0.2) is 0 Å². The molecular weight excluding hydrogens is 326 g/mol. The van der Waals surface area contributed by atoms with Crippen LogP contribution in [0.25, 0.3) is 0 Å². The Balaban J connectivity index is 1.33. The van der Waals surface area contributed by atoms with E-state index in [0.29, 0.717) is 12.2 Å². The van der Waals surface area contributed by atoms with E-state index in [1.807, 2.05) is 30.3 Å². The Morgan fingerprint density at radius 3 is 2.15 bits per heavy atom. The van der Waals surface area contributed by atoms with Crippen LogP contribution in [-0.2, 0) is 16.1 Å². The van der Waals surface area contributed by atoms with Crippen molar-refractivity contribution in [3.63, 3.8) is 0 Å². The van der Waals surface area contributed by atoms with Crippen LogP contribution in [0.2, 0.25) is 0 Å². The van der Waals surface area contributed by atoms with Crippen molar-refractivity contribution >= 4 is 17.5 Å². The lowest BCUT2D eigenvalue weighted by molar-refractivity contribution is -0.146. The Hall–Kier alpha value is -2.35. The molecule has 4 saturated carbocycles. The van der Waals surface area contributed by atoms with E-state index >= 15 is 0 Å². The van der Waals surface area contributed by atoms with E-state index in [9.17, 15) is 9.59 Å². The molecule has 5 rings (SSSR count). The molecule has 0 radical (unpaired) electrons.